The van der Waals surface area contributed by atoms with Crippen molar-refractivity contribution in [2.75, 3.05) is 0 Å². The van der Waals surface area contributed by atoms with Gasteiger partial charge in [-0.05, 0) is 5.41 Å². The van der Waals surface area contributed by atoms with Gasteiger partial charge in [0.05, 0.1) is 6.42 Å². The predicted octanol–water partition coefficient (Wildman–Crippen LogP) is 1.08. The minimum atomic E-state index is -1.09. The molecule has 0 saturated heterocycles. The third-order valence-corrected chi connectivity index (χ3v) is 1.17. The second-order valence-corrected chi connectivity index (χ2v) is 4.06. The largest absolute Gasteiger partial charge is 0.387 e. The Balaban J connectivity index is 4.04. The van der Waals surface area contributed by atoms with Crippen molar-refractivity contribution < 1.29 is 19.1 Å². The molecule has 0 fully saturated rings. The Labute approximate surface area is 77.3 Å². The van der Waals surface area contributed by atoms with Crippen LogP contribution in [0.4, 0.5) is 0 Å². The maximum Gasteiger partial charge on any atom is 0.381 e. The lowest BCUT2D eigenvalue weighted by molar-refractivity contribution is -0.164. The zero-order valence-electron chi connectivity index (χ0n) is 8.34. The van der Waals surface area contributed by atoms with Crippen LogP contribution in [0.1, 0.15) is 34.1 Å². The first-order valence-electron chi connectivity index (χ1n) is 3.98. The molecule has 0 amide bonds. The number of Topliss-reactive ketones (excluding diaryl/α,β-unsaturated/α-hetero) is 1. The summed E-state index contributed by atoms with van der Waals surface area (Å²) in [6, 6.07) is 0. The van der Waals surface area contributed by atoms with Crippen molar-refractivity contribution in [3.05, 3.63) is 0 Å². The van der Waals surface area contributed by atoms with E-state index in [1.807, 2.05) is 20.8 Å². The Morgan fingerprint density at radius 2 is 1.62 bits per heavy atom. The Hall–Kier alpha value is -1.19. The quantitative estimate of drug-likeness (QED) is 0.368. The van der Waals surface area contributed by atoms with E-state index in [4.69, 9.17) is 0 Å². The van der Waals surface area contributed by atoms with Gasteiger partial charge in [-0.15, -0.1) is 0 Å². The van der Waals surface area contributed by atoms with E-state index in [9.17, 15) is 14.4 Å². The molecule has 74 valence electrons. The van der Waals surface area contributed by atoms with Gasteiger partial charge in [-0.2, -0.15) is 0 Å². The van der Waals surface area contributed by atoms with Crippen LogP contribution in [-0.4, -0.2) is 17.7 Å². The predicted molar refractivity (Wildman–Crippen MR) is 45.9 cm³/mol. The van der Waals surface area contributed by atoms with Gasteiger partial charge in [-0.25, -0.2) is 4.79 Å². The molecule has 0 aromatic heterocycles. The Morgan fingerprint density at radius 1 is 1.15 bits per heavy atom. The molecule has 0 aliphatic heterocycles. The summed E-state index contributed by atoms with van der Waals surface area (Å²) in [5.74, 6) is -2.51. The van der Waals surface area contributed by atoms with E-state index in [2.05, 4.69) is 4.74 Å². The van der Waals surface area contributed by atoms with Gasteiger partial charge in [0, 0.05) is 6.92 Å². The second kappa shape index (κ2) is 4.16. The molecule has 4 heteroatoms. The molecular weight excluding hydrogens is 172 g/mol. The van der Waals surface area contributed by atoms with Gasteiger partial charge in [0.2, 0.25) is 5.78 Å². The monoisotopic (exact) mass is 186 g/mol. The van der Waals surface area contributed by atoms with Crippen LogP contribution >= 0.6 is 0 Å². The summed E-state index contributed by atoms with van der Waals surface area (Å²) < 4.78 is 4.26. The molecule has 0 unspecified atom stereocenters. The summed E-state index contributed by atoms with van der Waals surface area (Å²) >= 11 is 0. The van der Waals surface area contributed by atoms with E-state index < -0.39 is 17.7 Å². The number of ketones is 1. The first-order valence-corrected chi connectivity index (χ1v) is 3.98. The fourth-order valence-electron chi connectivity index (χ4n) is 0.644. The number of carbonyl (C=O) groups is 3. The minimum absolute atomic E-state index is 0.117. The minimum Gasteiger partial charge on any atom is -0.387 e. The van der Waals surface area contributed by atoms with Crippen molar-refractivity contribution in [2.45, 2.75) is 34.1 Å². The third-order valence-electron chi connectivity index (χ3n) is 1.17. The van der Waals surface area contributed by atoms with Crippen molar-refractivity contribution >= 4 is 17.7 Å². The van der Waals surface area contributed by atoms with Crippen molar-refractivity contribution in [3.63, 3.8) is 0 Å². The Bertz CT molecular complexity index is 234. The van der Waals surface area contributed by atoms with Gasteiger partial charge in [-0.3, -0.25) is 9.59 Å². The van der Waals surface area contributed by atoms with Gasteiger partial charge in [-0.1, -0.05) is 20.8 Å². The molecule has 4 nitrogen and oxygen atoms in total. The molecule has 0 bridgehead atoms. The van der Waals surface area contributed by atoms with Crippen LogP contribution in [0.15, 0.2) is 0 Å². The molecule has 0 aromatic rings. The number of esters is 2. The van der Waals surface area contributed by atoms with Gasteiger partial charge in [0.15, 0.2) is 0 Å². The normalized spacial score (nSPS) is 10.8. The number of hydrogen-bond donors (Lipinski definition) is 0. The highest BCUT2D eigenvalue weighted by Gasteiger charge is 2.21. The molecule has 0 aliphatic carbocycles. The van der Waals surface area contributed by atoms with Gasteiger partial charge < -0.3 is 4.74 Å². The number of hydrogen-bond acceptors (Lipinski definition) is 4. The highest BCUT2D eigenvalue weighted by atomic mass is 16.6. The summed E-state index contributed by atoms with van der Waals surface area (Å²) in [4.78, 5) is 32.0. The molecule has 0 rings (SSSR count). The first kappa shape index (κ1) is 11.8. The van der Waals surface area contributed by atoms with Gasteiger partial charge >= 0.3 is 11.9 Å². The summed E-state index contributed by atoms with van der Waals surface area (Å²) in [7, 11) is 0. The average Bonchev–Trinajstić information content (AvgIpc) is 1.81. The van der Waals surface area contributed by atoms with E-state index in [1.54, 1.807) is 0 Å². The zero-order valence-corrected chi connectivity index (χ0v) is 8.34. The van der Waals surface area contributed by atoms with Crippen LogP contribution in [0.25, 0.3) is 0 Å². The summed E-state index contributed by atoms with van der Waals surface area (Å²) in [5.41, 5.74) is -0.242. The lowest BCUT2D eigenvalue weighted by Crippen LogP contribution is -2.22. The Morgan fingerprint density at radius 3 is 1.92 bits per heavy atom. The van der Waals surface area contributed by atoms with Crippen LogP contribution in [0.2, 0.25) is 0 Å². The molecule has 13 heavy (non-hydrogen) atoms. The van der Waals surface area contributed by atoms with E-state index in [-0.39, 0.29) is 11.8 Å². The maximum absolute atomic E-state index is 11.0. The molecule has 0 heterocycles. The number of rotatable bonds is 2. The van der Waals surface area contributed by atoms with Crippen LogP contribution in [0.3, 0.4) is 0 Å². The van der Waals surface area contributed by atoms with E-state index in [0.29, 0.717) is 0 Å². The van der Waals surface area contributed by atoms with Crippen molar-refractivity contribution in [3.8, 4) is 0 Å². The SMILES string of the molecule is CC(=O)C(=O)OC(=O)CC(C)(C)C. The number of carbonyl (C=O) groups excluding carboxylic acids is 3. The fraction of sp³-hybridized carbons (Fsp3) is 0.667. The van der Waals surface area contributed by atoms with Gasteiger partial charge in [0.1, 0.15) is 0 Å². The number of ether oxygens (including phenoxy) is 1. The van der Waals surface area contributed by atoms with E-state index in [1.165, 1.54) is 0 Å². The molecule has 0 aromatic carbocycles. The van der Waals surface area contributed by atoms with Crippen LogP contribution in [0, 0.1) is 5.41 Å². The second-order valence-electron chi connectivity index (χ2n) is 4.06. The molecule has 0 radical (unpaired) electrons. The van der Waals surface area contributed by atoms with Crippen molar-refractivity contribution in [2.24, 2.45) is 5.41 Å². The van der Waals surface area contributed by atoms with Crippen LogP contribution in [-0.2, 0) is 19.1 Å². The van der Waals surface area contributed by atoms with Crippen molar-refractivity contribution in [1.29, 1.82) is 0 Å². The Kier molecular flexibility index (Phi) is 3.78. The fourth-order valence-corrected chi connectivity index (χ4v) is 0.644. The first-order chi connectivity index (χ1) is 5.72. The average molecular weight is 186 g/mol. The highest BCUT2D eigenvalue weighted by Crippen LogP contribution is 2.18. The van der Waals surface area contributed by atoms with Crippen LogP contribution < -0.4 is 0 Å². The highest BCUT2D eigenvalue weighted by molar-refractivity contribution is 6.34. The van der Waals surface area contributed by atoms with Crippen LogP contribution in [0.5, 0.6) is 0 Å². The smallest absolute Gasteiger partial charge is 0.381 e. The molecule has 0 spiro atoms. The molecule has 0 N–H and O–H groups in total. The maximum atomic E-state index is 11.0. The molecular formula is C9H14O4. The summed E-state index contributed by atoms with van der Waals surface area (Å²) in [6.45, 7) is 6.58. The molecule has 0 saturated carbocycles. The third kappa shape index (κ3) is 6.02. The van der Waals surface area contributed by atoms with Gasteiger partial charge in [0.25, 0.3) is 0 Å². The molecule has 0 aliphatic rings. The topological polar surface area (TPSA) is 60.4 Å². The summed E-state index contributed by atoms with van der Waals surface area (Å²) in [6.07, 6.45) is 0.117. The van der Waals surface area contributed by atoms with E-state index >= 15 is 0 Å². The zero-order chi connectivity index (χ0) is 10.6. The lowest BCUT2D eigenvalue weighted by Gasteiger charge is -2.15. The van der Waals surface area contributed by atoms with Crippen molar-refractivity contribution in [1.82, 2.24) is 0 Å². The summed E-state index contributed by atoms with van der Waals surface area (Å²) in [5, 5.41) is 0. The molecule has 0 atom stereocenters. The standard InChI is InChI=1S/C9H14O4/c1-6(10)8(12)13-7(11)5-9(2,3)4/h5H2,1-4H3. The van der Waals surface area contributed by atoms with E-state index in [0.717, 1.165) is 6.92 Å². The lowest BCUT2D eigenvalue weighted by atomic mass is 9.92.